The molecule has 0 radical (unpaired) electrons. The number of likely N-dealkylation sites (tertiary alicyclic amines) is 1. The first-order valence-corrected chi connectivity index (χ1v) is 8.15. The third-order valence-corrected chi connectivity index (χ3v) is 4.47. The highest BCUT2D eigenvalue weighted by Gasteiger charge is 2.29. The van der Waals surface area contributed by atoms with Gasteiger partial charge in [0.05, 0.1) is 12.8 Å². The molecule has 1 saturated heterocycles. The summed E-state index contributed by atoms with van der Waals surface area (Å²) in [6.45, 7) is 4.11. The number of hydrogen-bond acceptors (Lipinski definition) is 6. The number of aromatic nitrogens is 2. The van der Waals surface area contributed by atoms with Crippen molar-refractivity contribution in [2.75, 3.05) is 25.9 Å². The Bertz CT molecular complexity index is 693. The summed E-state index contributed by atoms with van der Waals surface area (Å²) in [6.07, 6.45) is 4.99. The zero-order chi connectivity index (χ0) is 17.1. The van der Waals surface area contributed by atoms with Gasteiger partial charge in [-0.2, -0.15) is 0 Å². The van der Waals surface area contributed by atoms with Crippen LogP contribution >= 0.6 is 0 Å². The summed E-state index contributed by atoms with van der Waals surface area (Å²) in [5.74, 6) is 1.40. The molecular weight excluding hydrogens is 306 g/mol. The second-order valence-corrected chi connectivity index (χ2v) is 6.26. The van der Waals surface area contributed by atoms with E-state index in [2.05, 4.69) is 21.9 Å². The van der Waals surface area contributed by atoms with Crippen LogP contribution in [-0.4, -0.2) is 51.9 Å². The number of nitrogen functional groups attached to an aromatic ring is 1. The van der Waals surface area contributed by atoms with Gasteiger partial charge in [0.15, 0.2) is 0 Å². The lowest BCUT2D eigenvalue weighted by Gasteiger charge is -2.37. The number of anilines is 1. The van der Waals surface area contributed by atoms with Crippen molar-refractivity contribution < 1.29 is 9.21 Å². The lowest BCUT2D eigenvalue weighted by molar-refractivity contribution is 0.0551. The Balaban J connectivity index is 1.86. The maximum Gasteiger partial charge on any atom is 0.259 e. The Morgan fingerprint density at radius 2 is 2.21 bits per heavy atom. The summed E-state index contributed by atoms with van der Waals surface area (Å²) in [7, 11) is 2.10. The molecule has 7 nitrogen and oxygen atoms in total. The normalized spacial score (nSPS) is 16.2. The smallest absolute Gasteiger partial charge is 0.259 e. The monoisotopic (exact) mass is 329 g/mol. The molecule has 0 saturated carbocycles. The molecule has 2 N–H and O–H groups in total. The van der Waals surface area contributed by atoms with Gasteiger partial charge in [0, 0.05) is 12.2 Å². The summed E-state index contributed by atoms with van der Waals surface area (Å²) in [6, 6.07) is 3.86. The lowest BCUT2D eigenvalue weighted by Crippen LogP contribution is -2.46. The highest BCUT2D eigenvalue weighted by molar-refractivity contribution is 5.98. The van der Waals surface area contributed by atoms with Gasteiger partial charge < -0.3 is 20.0 Å². The molecule has 0 unspecified atom stereocenters. The Morgan fingerprint density at radius 1 is 1.46 bits per heavy atom. The van der Waals surface area contributed by atoms with Crippen molar-refractivity contribution >= 4 is 11.7 Å². The molecular formula is C17H23N5O2. The van der Waals surface area contributed by atoms with E-state index in [1.54, 1.807) is 13.2 Å². The topological polar surface area (TPSA) is 88.5 Å². The fourth-order valence-corrected chi connectivity index (χ4v) is 3.05. The van der Waals surface area contributed by atoms with Crippen LogP contribution in [0.4, 0.5) is 5.82 Å². The molecule has 3 heterocycles. The second-order valence-electron chi connectivity index (χ2n) is 6.26. The molecule has 1 aliphatic heterocycles. The largest absolute Gasteiger partial charge is 0.467 e. The van der Waals surface area contributed by atoms with E-state index in [-0.39, 0.29) is 17.8 Å². The first kappa shape index (κ1) is 16.4. The van der Waals surface area contributed by atoms with Crippen LogP contribution in [0, 0.1) is 6.92 Å². The zero-order valence-electron chi connectivity index (χ0n) is 14.1. The summed E-state index contributed by atoms with van der Waals surface area (Å²) >= 11 is 0. The molecule has 7 heteroatoms. The summed E-state index contributed by atoms with van der Waals surface area (Å²) in [4.78, 5) is 25.5. The van der Waals surface area contributed by atoms with Crippen LogP contribution in [0.3, 0.4) is 0 Å². The fraction of sp³-hybridized carbons (Fsp3) is 0.471. The summed E-state index contributed by atoms with van der Waals surface area (Å²) < 4.78 is 5.44. The van der Waals surface area contributed by atoms with Crippen molar-refractivity contribution in [2.24, 2.45) is 0 Å². The number of nitrogens with two attached hydrogens (primary N) is 1. The Morgan fingerprint density at radius 3 is 2.83 bits per heavy atom. The van der Waals surface area contributed by atoms with Gasteiger partial charge in [0.2, 0.25) is 0 Å². The first-order chi connectivity index (χ1) is 11.5. The molecule has 1 aliphatic rings. The Labute approximate surface area is 141 Å². The van der Waals surface area contributed by atoms with Gasteiger partial charge in [-0.15, -0.1) is 0 Å². The van der Waals surface area contributed by atoms with E-state index in [9.17, 15) is 4.79 Å². The number of carbonyl (C=O) groups is 1. The van der Waals surface area contributed by atoms with Crippen molar-refractivity contribution in [3.05, 3.63) is 41.7 Å². The van der Waals surface area contributed by atoms with Gasteiger partial charge in [-0.25, -0.2) is 9.97 Å². The zero-order valence-corrected chi connectivity index (χ0v) is 14.1. The third-order valence-electron chi connectivity index (χ3n) is 4.47. The minimum atomic E-state index is -0.140. The van der Waals surface area contributed by atoms with Crippen molar-refractivity contribution in [3.8, 4) is 0 Å². The number of rotatable bonds is 4. The standard InChI is InChI=1S/C17H23N5O2/c1-12-19-10-15(16(18)20-12)17(23)22(11-14-4-3-9-24-14)13-5-7-21(2)8-6-13/h3-4,9-10,13H,5-8,11H2,1-2H3,(H2,18,19,20). The van der Waals surface area contributed by atoms with Crippen LogP contribution in [-0.2, 0) is 6.54 Å². The van der Waals surface area contributed by atoms with Gasteiger partial charge in [-0.05, 0) is 52.0 Å². The van der Waals surface area contributed by atoms with E-state index in [1.807, 2.05) is 17.0 Å². The second kappa shape index (κ2) is 7.00. The SMILES string of the molecule is Cc1ncc(C(=O)N(Cc2ccco2)C2CCN(C)CC2)c(N)n1. The number of furan rings is 1. The number of carbonyl (C=O) groups excluding carboxylic acids is 1. The molecule has 128 valence electrons. The van der Waals surface area contributed by atoms with Crippen LogP contribution in [0.1, 0.15) is 34.8 Å². The molecule has 0 spiro atoms. The predicted molar refractivity (Wildman–Crippen MR) is 90.3 cm³/mol. The Hall–Kier alpha value is -2.41. The maximum atomic E-state index is 13.1. The van der Waals surface area contributed by atoms with Gasteiger partial charge in [0.25, 0.3) is 5.91 Å². The number of piperidine rings is 1. The van der Waals surface area contributed by atoms with Crippen molar-refractivity contribution in [1.29, 1.82) is 0 Å². The fourth-order valence-electron chi connectivity index (χ4n) is 3.05. The van der Waals surface area contributed by atoms with Crippen molar-refractivity contribution in [2.45, 2.75) is 32.4 Å². The van der Waals surface area contributed by atoms with Crippen LogP contribution in [0.25, 0.3) is 0 Å². The molecule has 0 atom stereocenters. The highest BCUT2D eigenvalue weighted by Crippen LogP contribution is 2.22. The molecule has 2 aromatic rings. The van der Waals surface area contributed by atoms with E-state index in [4.69, 9.17) is 10.2 Å². The van der Waals surface area contributed by atoms with E-state index in [1.165, 1.54) is 6.20 Å². The number of amides is 1. The lowest BCUT2D eigenvalue weighted by atomic mass is 10.0. The molecule has 1 fully saturated rings. The molecule has 2 aromatic heterocycles. The molecule has 1 amide bonds. The minimum Gasteiger partial charge on any atom is -0.467 e. The number of nitrogens with zero attached hydrogens (tertiary/aromatic N) is 4. The van der Waals surface area contributed by atoms with Gasteiger partial charge in [-0.3, -0.25) is 4.79 Å². The molecule has 24 heavy (non-hydrogen) atoms. The highest BCUT2D eigenvalue weighted by atomic mass is 16.3. The summed E-state index contributed by atoms with van der Waals surface area (Å²) in [5, 5.41) is 0. The molecule has 0 aromatic carbocycles. The van der Waals surface area contributed by atoms with Gasteiger partial charge in [0.1, 0.15) is 23.0 Å². The quantitative estimate of drug-likeness (QED) is 0.918. The third kappa shape index (κ3) is 3.56. The molecule has 0 aliphatic carbocycles. The van der Waals surface area contributed by atoms with Crippen LogP contribution in [0.2, 0.25) is 0 Å². The van der Waals surface area contributed by atoms with E-state index in [0.717, 1.165) is 31.7 Å². The van der Waals surface area contributed by atoms with E-state index in [0.29, 0.717) is 17.9 Å². The maximum absolute atomic E-state index is 13.1. The predicted octanol–water partition coefficient (Wildman–Crippen LogP) is 1.70. The van der Waals surface area contributed by atoms with Crippen molar-refractivity contribution in [3.63, 3.8) is 0 Å². The average molecular weight is 329 g/mol. The van der Waals surface area contributed by atoms with Crippen molar-refractivity contribution in [1.82, 2.24) is 19.8 Å². The minimum absolute atomic E-state index is 0.140. The number of aryl methyl sites for hydroxylation is 1. The first-order valence-electron chi connectivity index (χ1n) is 8.15. The average Bonchev–Trinajstić information content (AvgIpc) is 3.06. The van der Waals surface area contributed by atoms with Crippen LogP contribution in [0.5, 0.6) is 0 Å². The number of hydrogen-bond donors (Lipinski definition) is 1. The van der Waals surface area contributed by atoms with Crippen LogP contribution < -0.4 is 5.73 Å². The summed E-state index contributed by atoms with van der Waals surface area (Å²) in [5.41, 5.74) is 6.31. The van der Waals surface area contributed by atoms with E-state index >= 15 is 0 Å². The molecule has 3 rings (SSSR count). The van der Waals surface area contributed by atoms with Crippen LogP contribution in [0.15, 0.2) is 29.0 Å². The van der Waals surface area contributed by atoms with Gasteiger partial charge in [-0.1, -0.05) is 0 Å². The molecule has 0 bridgehead atoms. The Kier molecular flexibility index (Phi) is 4.80. The van der Waals surface area contributed by atoms with Gasteiger partial charge >= 0.3 is 0 Å². The van der Waals surface area contributed by atoms with E-state index < -0.39 is 0 Å².